The maximum atomic E-state index is 12.7. The van der Waals surface area contributed by atoms with Crippen LogP contribution in [0.5, 0.6) is 5.75 Å². The fourth-order valence-corrected chi connectivity index (χ4v) is 3.60. The van der Waals surface area contributed by atoms with Gasteiger partial charge in [-0.25, -0.2) is 4.68 Å². The Morgan fingerprint density at radius 2 is 1.96 bits per heavy atom. The van der Waals surface area contributed by atoms with E-state index in [9.17, 15) is 4.79 Å². The molecule has 1 saturated heterocycles. The second-order valence-corrected chi connectivity index (χ2v) is 6.42. The van der Waals surface area contributed by atoms with E-state index in [4.69, 9.17) is 4.74 Å². The smallest absolute Gasteiger partial charge is 0.275 e. The summed E-state index contributed by atoms with van der Waals surface area (Å²) in [6, 6.07) is 16.1. The van der Waals surface area contributed by atoms with E-state index in [1.165, 1.54) is 5.56 Å². The van der Waals surface area contributed by atoms with Crippen LogP contribution in [-0.4, -0.2) is 28.3 Å². The van der Waals surface area contributed by atoms with Gasteiger partial charge < -0.3 is 4.74 Å². The van der Waals surface area contributed by atoms with Gasteiger partial charge in [-0.05, 0) is 36.6 Å². The maximum absolute atomic E-state index is 12.7. The molecule has 25 heavy (non-hydrogen) atoms. The number of ether oxygens (including phenoxy) is 1. The number of fused-ring (bicyclic) bond motifs is 1. The summed E-state index contributed by atoms with van der Waals surface area (Å²) in [5.41, 5.74) is 1.23. The number of methoxy groups -OCH3 is 1. The van der Waals surface area contributed by atoms with Gasteiger partial charge in [-0.1, -0.05) is 30.3 Å². The van der Waals surface area contributed by atoms with E-state index in [2.05, 4.69) is 22.1 Å². The lowest BCUT2D eigenvalue weighted by Gasteiger charge is -2.25. The summed E-state index contributed by atoms with van der Waals surface area (Å²) in [4.78, 5) is 15.0. The number of benzene rings is 2. The summed E-state index contributed by atoms with van der Waals surface area (Å²) in [5, 5.41) is 5.97. The number of likely N-dealkylation sites (tertiary alicyclic amines) is 1. The Kier molecular flexibility index (Phi) is 4.24. The van der Waals surface area contributed by atoms with Crippen LogP contribution in [0.3, 0.4) is 0 Å². The van der Waals surface area contributed by atoms with Gasteiger partial charge in [0.15, 0.2) is 0 Å². The Bertz CT molecular complexity index is 934. The topological polar surface area (TPSA) is 47.4 Å². The molecule has 2 aromatic carbocycles. The SMILES string of the molecule is COc1ccc(C2CCCN2Cn2ncc3ccccc3c2=O)cc1. The van der Waals surface area contributed by atoms with Crippen molar-refractivity contribution in [1.29, 1.82) is 0 Å². The van der Waals surface area contributed by atoms with Crippen LogP contribution in [0, 0.1) is 0 Å². The Morgan fingerprint density at radius 3 is 2.76 bits per heavy atom. The van der Waals surface area contributed by atoms with Gasteiger partial charge >= 0.3 is 0 Å². The minimum atomic E-state index is -0.0292. The lowest BCUT2D eigenvalue weighted by molar-refractivity contribution is 0.187. The second kappa shape index (κ2) is 6.69. The molecule has 1 aliphatic rings. The first-order valence-corrected chi connectivity index (χ1v) is 8.59. The standard InChI is InChI=1S/C20H21N3O2/c1-25-17-10-8-15(9-11-17)19-7-4-12-22(19)14-23-20(24)18-6-3-2-5-16(18)13-21-23/h2-3,5-6,8-11,13,19H,4,7,12,14H2,1H3. The monoisotopic (exact) mass is 335 g/mol. The highest BCUT2D eigenvalue weighted by atomic mass is 16.5. The van der Waals surface area contributed by atoms with Crippen molar-refractivity contribution in [2.75, 3.05) is 13.7 Å². The summed E-state index contributed by atoms with van der Waals surface area (Å²) < 4.78 is 6.82. The molecule has 0 radical (unpaired) electrons. The maximum Gasteiger partial charge on any atom is 0.275 e. The van der Waals surface area contributed by atoms with Crippen LogP contribution in [-0.2, 0) is 6.67 Å². The normalized spacial score (nSPS) is 17.9. The van der Waals surface area contributed by atoms with Crippen molar-refractivity contribution in [2.45, 2.75) is 25.6 Å². The molecule has 0 spiro atoms. The molecule has 1 aromatic heterocycles. The highest BCUT2D eigenvalue weighted by Gasteiger charge is 2.26. The molecule has 5 nitrogen and oxygen atoms in total. The molecular formula is C20H21N3O2. The lowest BCUT2D eigenvalue weighted by Crippen LogP contribution is -2.33. The van der Waals surface area contributed by atoms with Gasteiger partial charge in [-0.15, -0.1) is 0 Å². The minimum absolute atomic E-state index is 0.0292. The predicted octanol–water partition coefficient (Wildman–Crippen LogP) is 3.20. The first kappa shape index (κ1) is 15.8. The largest absolute Gasteiger partial charge is 0.497 e. The fraction of sp³-hybridized carbons (Fsp3) is 0.300. The van der Waals surface area contributed by atoms with Crippen molar-refractivity contribution in [2.24, 2.45) is 0 Å². The van der Waals surface area contributed by atoms with E-state index in [-0.39, 0.29) is 5.56 Å². The third kappa shape index (κ3) is 3.03. The van der Waals surface area contributed by atoms with Crippen LogP contribution in [0.4, 0.5) is 0 Å². The third-order valence-electron chi connectivity index (χ3n) is 4.94. The molecule has 5 heteroatoms. The molecular weight excluding hydrogens is 314 g/mol. The first-order valence-electron chi connectivity index (χ1n) is 8.59. The molecule has 0 amide bonds. The van der Waals surface area contributed by atoms with Crippen molar-refractivity contribution in [3.63, 3.8) is 0 Å². The van der Waals surface area contributed by atoms with Crippen LogP contribution < -0.4 is 10.3 Å². The summed E-state index contributed by atoms with van der Waals surface area (Å²) in [6.45, 7) is 1.48. The molecule has 1 fully saturated rings. The molecule has 0 saturated carbocycles. The molecule has 128 valence electrons. The van der Waals surface area contributed by atoms with Crippen molar-refractivity contribution in [3.8, 4) is 5.75 Å². The van der Waals surface area contributed by atoms with E-state index >= 15 is 0 Å². The van der Waals surface area contributed by atoms with E-state index in [0.717, 1.165) is 35.9 Å². The molecule has 0 bridgehead atoms. The number of nitrogens with zero attached hydrogens (tertiary/aromatic N) is 3. The molecule has 4 rings (SSSR count). The van der Waals surface area contributed by atoms with E-state index in [1.54, 1.807) is 18.0 Å². The van der Waals surface area contributed by atoms with E-state index in [0.29, 0.717) is 12.7 Å². The zero-order chi connectivity index (χ0) is 17.2. The Labute approximate surface area is 146 Å². The number of aromatic nitrogens is 2. The quantitative estimate of drug-likeness (QED) is 0.735. The molecule has 1 unspecified atom stereocenters. The molecule has 3 aromatic rings. The fourth-order valence-electron chi connectivity index (χ4n) is 3.60. The Hall–Kier alpha value is -2.66. The van der Waals surface area contributed by atoms with E-state index < -0.39 is 0 Å². The lowest BCUT2D eigenvalue weighted by atomic mass is 10.0. The highest BCUT2D eigenvalue weighted by molar-refractivity contribution is 5.80. The van der Waals surface area contributed by atoms with Gasteiger partial charge in [-0.3, -0.25) is 9.69 Å². The number of rotatable bonds is 4. The average Bonchev–Trinajstić information content (AvgIpc) is 3.12. The van der Waals surface area contributed by atoms with Crippen LogP contribution >= 0.6 is 0 Å². The number of hydrogen-bond acceptors (Lipinski definition) is 4. The van der Waals surface area contributed by atoms with Crippen LogP contribution in [0.2, 0.25) is 0 Å². The zero-order valence-electron chi connectivity index (χ0n) is 14.3. The van der Waals surface area contributed by atoms with Crippen molar-refractivity contribution in [3.05, 3.63) is 70.6 Å². The van der Waals surface area contributed by atoms with Gasteiger partial charge in [-0.2, -0.15) is 5.10 Å². The van der Waals surface area contributed by atoms with E-state index in [1.807, 2.05) is 36.4 Å². The zero-order valence-corrected chi connectivity index (χ0v) is 14.3. The van der Waals surface area contributed by atoms with Crippen molar-refractivity contribution >= 4 is 10.8 Å². The molecule has 1 atom stereocenters. The van der Waals surface area contributed by atoms with Crippen molar-refractivity contribution < 1.29 is 4.74 Å². The summed E-state index contributed by atoms with van der Waals surface area (Å²) in [5.74, 6) is 0.862. The van der Waals surface area contributed by atoms with Gasteiger partial charge in [0.05, 0.1) is 25.4 Å². The Balaban J connectivity index is 1.61. The van der Waals surface area contributed by atoms with Gasteiger partial charge in [0, 0.05) is 18.0 Å². The summed E-state index contributed by atoms with van der Waals surface area (Å²) >= 11 is 0. The molecule has 2 heterocycles. The first-order chi connectivity index (χ1) is 12.3. The highest BCUT2D eigenvalue weighted by Crippen LogP contribution is 2.32. The predicted molar refractivity (Wildman–Crippen MR) is 97.7 cm³/mol. The minimum Gasteiger partial charge on any atom is -0.497 e. The van der Waals surface area contributed by atoms with Gasteiger partial charge in [0.25, 0.3) is 5.56 Å². The third-order valence-corrected chi connectivity index (χ3v) is 4.94. The summed E-state index contributed by atoms with van der Waals surface area (Å²) in [6.07, 6.45) is 3.99. The van der Waals surface area contributed by atoms with Gasteiger partial charge in [0.2, 0.25) is 0 Å². The summed E-state index contributed by atoms with van der Waals surface area (Å²) in [7, 11) is 1.68. The average molecular weight is 335 g/mol. The van der Waals surface area contributed by atoms with Crippen LogP contribution in [0.1, 0.15) is 24.4 Å². The molecule has 0 N–H and O–H groups in total. The van der Waals surface area contributed by atoms with Crippen LogP contribution in [0.15, 0.2) is 59.5 Å². The molecule has 1 aliphatic heterocycles. The van der Waals surface area contributed by atoms with Crippen molar-refractivity contribution in [1.82, 2.24) is 14.7 Å². The number of hydrogen-bond donors (Lipinski definition) is 0. The second-order valence-electron chi connectivity index (χ2n) is 6.42. The molecule has 0 aliphatic carbocycles. The Morgan fingerprint density at radius 1 is 1.16 bits per heavy atom. The van der Waals surface area contributed by atoms with Gasteiger partial charge in [0.1, 0.15) is 5.75 Å². The van der Waals surface area contributed by atoms with Crippen LogP contribution in [0.25, 0.3) is 10.8 Å².